The quantitative estimate of drug-likeness (QED) is 0.824. The number of aryl methyl sites for hydroxylation is 1. The predicted octanol–water partition coefficient (Wildman–Crippen LogP) is 1.46. The molecule has 0 aliphatic heterocycles. The average molecular weight is 246 g/mol. The number of carboxylic acids is 1. The monoisotopic (exact) mass is 245 g/mol. The highest BCUT2D eigenvalue weighted by molar-refractivity contribution is 5.85. The molecule has 1 aromatic rings. The van der Waals surface area contributed by atoms with Gasteiger partial charge in [0.25, 0.3) is 0 Å². The first kappa shape index (κ1) is 14.7. The third-order valence-corrected chi connectivity index (χ3v) is 2.23. The zero-order valence-electron chi connectivity index (χ0n) is 9.05. The first-order valence-corrected chi connectivity index (χ1v) is 4.75. The van der Waals surface area contributed by atoms with Gasteiger partial charge in [-0.25, -0.2) is 0 Å². The van der Waals surface area contributed by atoms with Crippen LogP contribution in [0.1, 0.15) is 12.0 Å². The van der Waals surface area contributed by atoms with Gasteiger partial charge < -0.3 is 15.6 Å². The van der Waals surface area contributed by atoms with Crippen LogP contribution in [0.4, 0.5) is 0 Å². The Bertz CT molecular complexity index is 344. The van der Waals surface area contributed by atoms with E-state index in [4.69, 9.17) is 15.6 Å². The van der Waals surface area contributed by atoms with Gasteiger partial charge >= 0.3 is 5.97 Å². The van der Waals surface area contributed by atoms with Gasteiger partial charge in [-0.2, -0.15) is 0 Å². The van der Waals surface area contributed by atoms with E-state index in [1.807, 2.05) is 24.3 Å². The number of aliphatic carboxylic acids is 1. The van der Waals surface area contributed by atoms with Crippen LogP contribution in [0.5, 0.6) is 5.75 Å². The van der Waals surface area contributed by atoms with Crippen LogP contribution in [-0.2, 0) is 11.2 Å². The third kappa shape index (κ3) is 4.08. The lowest BCUT2D eigenvalue weighted by Gasteiger charge is -2.09. The van der Waals surface area contributed by atoms with E-state index in [1.165, 1.54) is 0 Å². The van der Waals surface area contributed by atoms with Crippen molar-refractivity contribution in [3.05, 3.63) is 29.8 Å². The lowest BCUT2D eigenvalue weighted by atomic mass is 10.1. The molecule has 0 spiro atoms. The van der Waals surface area contributed by atoms with Gasteiger partial charge in [-0.1, -0.05) is 18.2 Å². The van der Waals surface area contributed by atoms with Crippen LogP contribution < -0.4 is 10.5 Å². The molecule has 1 rings (SSSR count). The molecule has 90 valence electrons. The number of methoxy groups -OCH3 is 1. The summed E-state index contributed by atoms with van der Waals surface area (Å²) in [6.07, 6.45) is 1.02. The van der Waals surface area contributed by atoms with Crippen molar-refractivity contribution in [2.24, 2.45) is 5.73 Å². The molecule has 0 bridgehead atoms. The fourth-order valence-electron chi connectivity index (χ4n) is 1.34. The van der Waals surface area contributed by atoms with Gasteiger partial charge in [-0.3, -0.25) is 4.79 Å². The maximum absolute atomic E-state index is 10.5. The smallest absolute Gasteiger partial charge is 0.320 e. The van der Waals surface area contributed by atoms with Crippen molar-refractivity contribution in [1.82, 2.24) is 0 Å². The minimum Gasteiger partial charge on any atom is -0.496 e. The SMILES string of the molecule is COc1ccccc1CC[C@@H](N)C(=O)O.Cl. The highest BCUT2D eigenvalue weighted by Gasteiger charge is 2.12. The summed E-state index contributed by atoms with van der Waals surface area (Å²) in [4.78, 5) is 10.5. The fraction of sp³-hybridized carbons (Fsp3) is 0.364. The van der Waals surface area contributed by atoms with Crippen LogP contribution >= 0.6 is 12.4 Å². The van der Waals surface area contributed by atoms with E-state index in [1.54, 1.807) is 7.11 Å². The molecule has 0 aromatic heterocycles. The zero-order chi connectivity index (χ0) is 11.3. The van der Waals surface area contributed by atoms with Crippen molar-refractivity contribution in [2.75, 3.05) is 7.11 Å². The van der Waals surface area contributed by atoms with Crippen molar-refractivity contribution in [1.29, 1.82) is 0 Å². The summed E-state index contributed by atoms with van der Waals surface area (Å²) in [6.45, 7) is 0. The molecule has 0 amide bonds. The Kier molecular flexibility index (Phi) is 6.53. The molecule has 0 radical (unpaired) electrons. The molecule has 3 N–H and O–H groups in total. The average Bonchev–Trinajstić information content (AvgIpc) is 2.26. The number of carbonyl (C=O) groups is 1. The summed E-state index contributed by atoms with van der Waals surface area (Å²) in [5.41, 5.74) is 6.40. The number of rotatable bonds is 5. The van der Waals surface area contributed by atoms with Crippen LogP contribution in [0.15, 0.2) is 24.3 Å². The second-order valence-electron chi connectivity index (χ2n) is 3.30. The number of para-hydroxylation sites is 1. The molecule has 0 aliphatic carbocycles. The lowest BCUT2D eigenvalue weighted by molar-refractivity contribution is -0.138. The Balaban J connectivity index is 0.00000225. The number of ether oxygens (including phenoxy) is 1. The summed E-state index contributed by atoms with van der Waals surface area (Å²) in [6, 6.07) is 6.72. The van der Waals surface area contributed by atoms with E-state index in [0.29, 0.717) is 12.8 Å². The summed E-state index contributed by atoms with van der Waals surface area (Å²) in [5.74, 6) is -0.194. The van der Waals surface area contributed by atoms with Crippen LogP contribution in [-0.4, -0.2) is 24.2 Å². The van der Waals surface area contributed by atoms with Gasteiger partial charge in [0, 0.05) is 0 Å². The van der Waals surface area contributed by atoms with Crippen molar-refractivity contribution < 1.29 is 14.6 Å². The van der Waals surface area contributed by atoms with Gasteiger partial charge in [0.15, 0.2) is 0 Å². The topological polar surface area (TPSA) is 72.5 Å². The van der Waals surface area contributed by atoms with Crippen molar-refractivity contribution in [3.63, 3.8) is 0 Å². The molecule has 0 saturated heterocycles. The molecule has 5 heteroatoms. The van der Waals surface area contributed by atoms with Crippen molar-refractivity contribution >= 4 is 18.4 Å². The van der Waals surface area contributed by atoms with Crippen molar-refractivity contribution in [3.8, 4) is 5.75 Å². The summed E-state index contributed by atoms with van der Waals surface area (Å²) in [7, 11) is 1.59. The molecule has 0 saturated carbocycles. The number of hydrogen-bond acceptors (Lipinski definition) is 3. The van der Waals surface area contributed by atoms with Crippen LogP contribution in [0.25, 0.3) is 0 Å². The molecule has 0 aliphatic rings. The number of benzene rings is 1. The standard InChI is InChI=1S/C11H15NO3.ClH/c1-15-10-5-3-2-4-8(10)6-7-9(12)11(13)14;/h2-5,9H,6-7,12H2,1H3,(H,13,14);1H/t9-;/m1./s1. The molecule has 4 nitrogen and oxygen atoms in total. The van der Waals surface area contributed by atoms with Gasteiger partial charge in [0.1, 0.15) is 11.8 Å². The minimum absolute atomic E-state index is 0. The Hall–Kier alpha value is -1.26. The van der Waals surface area contributed by atoms with Crippen molar-refractivity contribution in [2.45, 2.75) is 18.9 Å². The summed E-state index contributed by atoms with van der Waals surface area (Å²) < 4.78 is 5.15. The number of carboxylic acid groups (broad SMARTS) is 1. The van der Waals surface area contributed by atoms with E-state index in [9.17, 15) is 4.79 Å². The minimum atomic E-state index is -0.968. The maximum atomic E-state index is 10.5. The van der Waals surface area contributed by atoms with E-state index in [0.717, 1.165) is 11.3 Å². The van der Waals surface area contributed by atoms with E-state index < -0.39 is 12.0 Å². The second kappa shape index (κ2) is 7.09. The van der Waals surface area contributed by atoms with Gasteiger partial charge in [-0.15, -0.1) is 12.4 Å². The zero-order valence-corrected chi connectivity index (χ0v) is 9.87. The Morgan fingerprint density at radius 3 is 2.69 bits per heavy atom. The summed E-state index contributed by atoms with van der Waals surface area (Å²) >= 11 is 0. The van der Waals surface area contributed by atoms with Crippen LogP contribution in [0.2, 0.25) is 0 Å². The molecule has 0 heterocycles. The first-order chi connectivity index (χ1) is 7.15. The Labute approximate surface area is 101 Å². The number of nitrogens with two attached hydrogens (primary N) is 1. The highest BCUT2D eigenvalue weighted by atomic mass is 35.5. The second-order valence-corrected chi connectivity index (χ2v) is 3.30. The molecule has 1 atom stereocenters. The predicted molar refractivity (Wildman–Crippen MR) is 64.2 cm³/mol. The molecule has 1 aromatic carbocycles. The lowest BCUT2D eigenvalue weighted by Crippen LogP contribution is -2.30. The molecular weight excluding hydrogens is 230 g/mol. The molecular formula is C11H16ClNO3. The number of hydrogen-bond donors (Lipinski definition) is 2. The largest absolute Gasteiger partial charge is 0.496 e. The number of halogens is 1. The summed E-state index contributed by atoms with van der Waals surface area (Å²) in [5, 5.41) is 8.63. The Morgan fingerprint density at radius 2 is 2.12 bits per heavy atom. The van der Waals surface area contributed by atoms with Crippen LogP contribution in [0, 0.1) is 0 Å². The van der Waals surface area contributed by atoms with Crippen LogP contribution in [0.3, 0.4) is 0 Å². The Morgan fingerprint density at radius 1 is 1.50 bits per heavy atom. The maximum Gasteiger partial charge on any atom is 0.320 e. The van der Waals surface area contributed by atoms with Gasteiger partial charge in [-0.05, 0) is 24.5 Å². The molecule has 16 heavy (non-hydrogen) atoms. The molecule has 0 fully saturated rings. The highest BCUT2D eigenvalue weighted by Crippen LogP contribution is 2.19. The van der Waals surface area contributed by atoms with E-state index in [-0.39, 0.29) is 12.4 Å². The first-order valence-electron chi connectivity index (χ1n) is 4.75. The normalized spacial score (nSPS) is 11.4. The van der Waals surface area contributed by atoms with E-state index >= 15 is 0 Å². The van der Waals surface area contributed by atoms with Gasteiger partial charge in [0.2, 0.25) is 0 Å². The van der Waals surface area contributed by atoms with Gasteiger partial charge in [0.05, 0.1) is 7.11 Å². The fourth-order valence-corrected chi connectivity index (χ4v) is 1.34. The third-order valence-electron chi connectivity index (χ3n) is 2.23. The molecule has 0 unspecified atom stereocenters. The van der Waals surface area contributed by atoms with E-state index in [2.05, 4.69) is 0 Å².